The zero-order valence-corrected chi connectivity index (χ0v) is 16.5. The van der Waals surface area contributed by atoms with Crippen LogP contribution in [0, 0.1) is 11.3 Å². The summed E-state index contributed by atoms with van der Waals surface area (Å²) >= 11 is 5.93. The Morgan fingerprint density at radius 3 is 2.61 bits per heavy atom. The number of halogens is 1. The first-order valence-corrected chi connectivity index (χ1v) is 9.32. The lowest BCUT2D eigenvalue weighted by Gasteiger charge is -2.20. The van der Waals surface area contributed by atoms with E-state index in [9.17, 15) is 4.79 Å². The number of furan rings is 1. The van der Waals surface area contributed by atoms with Gasteiger partial charge in [-0.2, -0.15) is 5.26 Å². The van der Waals surface area contributed by atoms with Crippen LogP contribution in [0.25, 0.3) is 11.3 Å². The molecule has 0 spiro atoms. The largest absolute Gasteiger partial charge is 0.455 e. The van der Waals surface area contributed by atoms with E-state index in [1.165, 1.54) is 0 Å². The van der Waals surface area contributed by atoms with Gasteiger partial charge in [-0.3, -0.25) is 4.79 Å². The Bertz CT molecular complexity index is 1010. The molecule has 1 amide bonds. The van der Waals surface area contributed by atoms with E-state index in [1.807, 2.05) is 50.4 Å². The molecule has 0 fully saturated rings. The molecule has 2 N–H and O–H groups in total. The van der Waals surface area contributed by atoms with E-state index >= 15 is 0 Å². The van der Waals surface area contributed by atoms with Gasteiger partial charge in [0.1, 0.15) is 18.4 Å². The van der Waals surface area contributed by atoms with Gasteiger partial charge in [0.2, 0.25) is 0 Å². The minimum Gasteiger partial charge on any atom is -0.455 e. The Kier molecular flexibility index (Phi) is 6.15. The minimum atomic E-state index is -0.323. The summed E-state index contributed by atoms with van der Waals surface area (Å²) in [5, 5.41) is 12.7. The van der Waals surface area contributed by atoms with E-state index in [0.717, 1.165) is 22.0 Å². The van der Waals surface area contributed by atoms with Crippen molar-refractivity contribution in [2.24, 2.45) is 0 Å². The van der Waals surface area contributed by atoms with Crippen molar-refractivity contribution in [3.63, 3.8) is 0 Å². The van der Waals surface area contributed by atoms with Crippen molar-refractivity contribution in [1.82, 2.24) is 0 Å². The SMILES string of the molecule is C[C@H](C(=O)Nc1ccccc1C#N)[NH+](C)Cc1ccc(-c2ccc(Cl)cc2)o1. The Hall–Kier alpha value is -3.07. The van der Waals surface area contributed by atoms with Gasteiger partial charge in [0.15, 0.2) is 11.8 Å². The lowest BCUT2D eigenvalue weighted by Crippen LogP contribution is -3.12. The van der Waals surface area contributed by atoms with Gasteiger partial charge in [-0.25, -0.2) is 0 Å². The van der Waals surface area contributed by atoms with Gasteiger partial charge in [0.25, 0.3) is 5.91 Å². The lowest BCUT2D eigenvalue weighted by atomic mass is 10.2. The topological polar surface area (TPSA) is 70.5 Å². The summed E-state index contributed by atoms with van der Waals surface area (Å²) in [6.45, 7) is 2.41. The van der Waals surface area contributed by atoms with Gasteiger partial charge >= 0.3 is 0 Å². The molecule has 142 valence electrons. The number of carbonyl (C=O) groups is 1. The Morgan fingerprint density at radius 1 is 1.18 bits per heavy atom. The van der Waals surface area contributed by atoms with Crippen LogP contribution in [0.4, 0.5) is 5.69 Å². The number of para-hydroxylation sites is 1. The number of amides is 1. The Balaban J connectivity index is 1.64. The van der Waals surface area contributed by atoms with E-state index in [0.29, 0.717) is 22.8 Å². The van der Waals surface area contributed by atoms with E-state index < -0.39 is 0 Å². The summed E-state index contributed by atoms with van der Waals surface area (Å²) < 4.78 is 5.93. The molecule has 0 aliphatic rings. The third-order valence-electron chi connectivity index (χ3n) is 4.68. The molecule has 0 aliphatic heterocycles. The highest BCUT2D eigenvalue weighted by Gasteiger charge is 2.23. The molecule has 2 aromatic carbocycles. The number of quaternary nitrogens is 1. The van der Waals surface area contributed by atoms with Crippen molar-refractivity contribution in [3.8, 4) is 17.4 Å². The average molecular weight is 395 g/mol. The fourth-order valence-corrected chi connectivity index (χ4v) is 2.95. The first-order chi connectivity index (χ1) is 13.5. The van der Waals surface area contributed by atoms with Crippen LogP contribution in [0.1, 0.15) is 18.2 Å². The van der Waals surface area contributed by atoms with Crippen molar-refractivity contribution < 1.29 is 14.1 Å². The number of nitrogens with one attached hydrogen (secondary N) is 2. The molecule has 0 aliphatic carbocycles. The van der Waals surface area contributed by atoms with Gasteiger partial charge in [-0.1, -0.05) is 23.7 Å². The standard InChI is InChI=1S/C22H20ClN3O2/c1-15(22(27)25-20-6-4-3-5-17(20)13-24)26(2)14-19-11-12-21(28-19)16-7-9-18(23)10-8-16/h3-12,15H,14H2,1-2H3,(H,25,27)/p+1/t15-/m1/s1. The molecule has 1 heterocycles. The first-order valence-electron chi connectivity index (χ1n) is 8.95. The van der Waals surface area contributed by atoms with Crippen LogP contribution in [-0.2, 0) is 11.3 Å². The van der Waals surface area contributed by atoms with Gasteiger partial charge in [0, 0.05) is 10.6 Å². The molecule has 5 nitrogen and oxygen atoms in total. The van der Waals surface area contributed by atoms with Crippen molar-refractivity contribution in [3.05, 3.63) is 77.0 Å². The normalized spacial score (nSPS) is 12.8. The first kappa shape index (κ1) is 19.7. The van der Waals surface area contributed by atoms with Crippen molar-refractivity contribution in [1.29, 1.82) is 5.26 Å². The van der Waals surface area contributed by atoms with E-state index in [1.54, 1.807) is 24.3 Å². The van der Waals surface area contributed by atoms with Crippen LogP contribution in [0.3, 0.4) is 0 Å². The molecule has 0 saturated heterocycles. The number of benzene rings is 2. The fourth-order valence-electron chi connectivity index (χ4n) is 2.82. The zero-order valence-electron chi connectivity index (χ0n) is 15.7. The monoisotopic (exact) mass is 394 g/mol. The molecule has 3 aromatic rings. The number of hydrogen-bond donors (Lipinski definition) is 2. The van der Waals surface area contributed by atoms with Crippen molar-refractivity contribution in [2.75, 3.05) is 12.4 Å². The number of rotatable bonds is 6. The third-order valence-corrected chi connectivity index (χ3v) is 4.93. The highest BCUT2D eigenvalue weighted by molar-refractivity contribution is 6.30. The number of likely N-dealkylation sites (N-methyl/N-ethyl adjacent to an activating group) is 1. The Labute approximate surface area is 169 Å². The highest BCUT2D eigenvalue weighted by atomic mass is 35.5. The van der Waals surface area contributed by atoms with E-state index in [4.69, 9.17) is 21.3 Å². The Morgan fingerprint density at radius 2 is 1.89 bits per heavy atom. The molecule has 0 radical (unpaired) electrons. The fraction of sp³-hybridized carbons (Fsp3) is 0.182. The molecule has 0 saturated carbocycles. The molecule has 1 aromatic heterocycles. The number of nitrogens with zero attached hydrogens (tertiary/aromatic N) is 1. The van der Waals surface area contributed by atoms with Gasteiger partial charge in [-0.05, 0) is 55.5 Å². The summed E-state index contributed by atoms with van der Waals surface area (Å²) in [5.41, 5.74) is 1.92. The summed E-state index contributed by atoms with van der Waals surface area (Å²) in [5.74, 6) is 1.41. The van der Waals surface area contributed by atoms with Crippen LogP contribution < -0.4 is 10.2 Å². The predicted molar refractivity (Wildman–Crippen MR) is 109 cm³/mol. The summed E-state index contributed by atoms with van der Waals surface area (Å²) in [6, 6.07) is 20.0. The molecular weight excluding hydrogens is 374 g/mol. The molecule has 3 rings (SSSR count). The molecular formula is C22H21ClN3O2+. The van der Waals surface area contributed by atoms with E-state index in [-0.39, 0.29) is 11.9 Å². The van der Waals surface area contributed by atoms with Crippen LogP contribution >= 0.6 is 11.6 Å². The van der Waals surface area contributed by atoms with Crippen molar-refractivity contribution >= 4 is 23.2 Å². The second-order valence-corrected chi connectivity index (χ2v) is 7.10. The predicted octanol–water partition coefficient (Wildman–Crippen LogP) is 3.51. The van der Waals surface area contributed by atoms with E-state index in [2.05, 4.69) is 11.4 Å². The number of hydrogen-bond acceptors (Lipinski definition) is 3. The molecule has 0 bridgehead atoms. The molecule has 2 atom stereocenters. The number of anilines is 1. The smallest absolute Gasteiger partial charge is 0.282 e. The molecule has 6 heteroatoms. The quantitative estimate of drug-likeness (QED) is 0.672. The van der Waals surface area contributed by atoms with Crippen molar-refractivity contribution in [2.45, 2.75) is 19.5 Å². The van der Waals surface area contributed by atoms with Crippen LogP contribution in [0.2, 0.25) is 5.02 Å². The lowest BCUT2D eigenvalue weighted by molar-refractivity contribution is -0.908. The van der Waals surface area contributed by atoms with Gasteiger partial charge in [0.05, 0.1) is 18.3 Å². The second kappa shape index (κ2) is 8.75. The number of nitriles is 1. The zero-order chi connectivity index (χ0) is 20.1. The highest BCUT2D eigenvalue weighted by Crippen LogP contribution is 2.23. The maximum absolute atomic E-state index is 12.6. The maximum Gasteiger partial charge on any atom is 0.282 e. The van der Waals surface area contributed by atoms with Gasteiger partial charge < -0.3 is 14.6 Å². The third kappa shape index (κ3) is 4.61. The van der Waals surface area contributed by atoms with Crippen LogP contribution in [-0.4, -0.2) is 19.0 Å². The summed E-state index contributed by atoms with van der Waals surface area (Å²) in [7, 11) is 1.94. The summed E-state index contributed by atoms with van der Waals surface area (Å²) in [4.78, 5) is 13.6. The summed E-state index contributed by atoms with van der Waals surface area (Å²) in [6.07, 6.45) is 0. The maximum atomic E-state index is 12.6. The number of carbonyl (C=O) groups excluding carboxylic acids is 1. The molecule has 1 unspecified atom stereocenters. The van der Waals surface area contributed by atoms with Gasteiger partial charge in [-0.15, -0.1) is 0 Å². The minimum absolute atomic E-state index is 0.148. The average Bonchev–Trinajstić information content (AvgIpc) is 3.16. The second-order valence-electron chi connectivity index (χ2n) is 6.66. The van der Waals surface area contributed by atoms with Crippen LogP contribution in [0.5, 0.6) is 0 Å². The molecule has 28 heavy (non-hydrogen) atoms. The van der Waals surface area contributed by atoms with Crippen LogP contribution in [0.15, 0.2) is 65.1 Å².